The lowest BCUT2D eigenvalue weighted by molar-refractivity contribution is 0.213. The highest BCUT2D eigenvalue weighted by Gasteiger charge is 2.23. The second kappa shape index (κ2) is 13.8. The van der Waals surface area contributed by atoms with Crippen LogP contribution in [-0.4, -0.2) is 64.9 Å². The topological polar surface area (TPSA) is 67.4 Å². The Morgan fingerprint density at radius 1 is 1.03 bits per heavy atom. The van der Waals surface area contributed by atoms with Crippen LogP contribution in [0.4, 0.5) is 0 Å². The Labute approximate surface area is 199 Å². The van der Waals surface area contributed by atoms with Crippen molar-refractivity contribution in [3.05, 3.63) is 17.7 Å². The summed E-state index contributed by atoms with van der Waals surface area (Å²) in [6, 6.07) is 4.44. The van der Waals surface area contributed by atoms with Crippen molar-refractivity contribution >= 4 is 29.9 Å². The summed E-state index contributed by atoms with van der Waals surface area (Å²) < 4.78 is 16.3. The SMILES string of the molecule is CN=C(NCc1cc(OC)c(OC)c(OC)c1)NCC(CC(C)C)N1CCCC1.I. The van der Waals surface area contributed by atoms with Gasteiger partial charge in [0, 0.05) is 26.2 Å². The lowest BCUT2D eigenvalue weighted by atomic mass is 10.0. The zero-order valence-electron chi connectivity index (χ0n) is 19.3. The summed E-state index contributed by atoms with van der Waals surface area (Å²) in [5, 5.41) is 6.91. The number of guanidine groups is 1. The van der Waals surface area contributed by atoms with E-state index in [1.165, 1.54) is 32.4 Å². The first-order valence-corrected chi connectivity index (χ1v) is 10.5. The summed E-state index contributed by atoms with van der Waals surface area (Å²) >= 11 is 0. The maximum atomic E-state index is 5.44. The van der Waals surface area contributed by atoms with Crippen molar-refractivity contribution in [3.63, 3.8) is 0 Å². The normalized spacial score (nSPS) is 15.5. The highest BCUT2D eigenvalue weighted by atomic mass is 127. The Morgan fingerprint density at radius 3 is 2.10 bits per heavy atom. The molecule has 1 atom stereocenters. The molecule has 0 radical (unpaired) electrons. The van der Waals surface area contributed by atoms with Gasteiger partial charge in [0.05, 0.1) is 21.3 Å². The predicted octanol–water partition coefficient (Wildman–Crippen LogP) is 3.51. The molecule has 0 amide bonds. The smallest absolute Gasteiger partial charge is 0.203 e. The summed E-state index contributed by atoms with van der Waals surface area (Å²) in [4.78, 5) is 7.00. The maximum Gasteiger partial charge on any atom is 0.203 e. The maximum absolute atomic E-state index is 5.44. The van der Waals surface area contributed by atoms with Gasteiger partial charge in [-0.2, -0.15) is 0 Å². The van der Waals surface area contributed by atoms with E-state index in [0.717, 1.165) is 18.1 Å². The molecule has 0 spiro atoms. The lowest BCUT2D eigenvalue weighted by Gasteiger charge is -2.29. The molecule has 2 N–H and O–H groups in total. The van der Waals surface area contributed by atoms with Gasteiger partial charge in [0.25, 0.3) is 0 Å². The lowest BCUT2D eigenvalue weighted by Crippen LogP contribution is -2.46. The molecule has 0 bridgehead atoms. The fourth-order valence-electron chi connectivity index (χ4n) is 3.87. The Morgan fingerprint density at radius 2 is 1.63 bits per heavy atom. The van der Waals surface area contributed by atoms with Gasteiger partial charge in [0.1, 0.15) is 0 Å². The van der Waals surface area contributed by atoms with E-state index in [1.807, 2.05) is 12.1 Å². The van der Waals surface area contributed by atoms with E-state index in [0.29, 0.717) is 35.8 Å². The van der Waals surface area contributed by atoms with E-state index < -0.39 is 0 Å². The Bertz CT molecular complexity index is 639. The number of halogens is 1. The Balaban J connectivity index is 0.00000450. The molecule has 7 nitrogen and oxygen atoms in total. The van der Waals surface area contributed by atoms with Crippen LogP contribution in [-0.2, 0) is 6.54 Å². The molecule has 1 aromatic rings. The largest absolute Gasteiger partial charge is 0.493 e. The number of nitrogens with one attached hydrogen (secondary N) is 2. The average molecular weight is 534 g/mol. The third-order valence-corrected chi connectivity index (χ3v) is 5.31. The highest BCUT2D eigenvalue weighted by molar-refractivity contribution is 14.0. The summed E-state index contributed by atoms with van der Waals surface area (Å²) in [6.07, 6.45) is 3.81. The molecule has 0 saturated carbocycles. The van der Waals surface area contributed by atoms with Crippen LogP contribution >= 0.6 is 24.0 Å². The average Bonchev–Trinajstić information content (AvgIpc) is 3.26. The van der Waals surface area contributed by atoms with Crippen LogP contribution in [0, 0.1) is 5.92 Å². The number of hydrogen-bond donors (Lipinski definition) is 2. The number of methoxy groups -OCH3 is 3. The number of nitrogens with zero attached hydrogens (tertiary/aromatic N) is 2. The van der Waals surface area contributed by atoms with Crippen LogP contribution in [0.25, 0.3) is 0 Å². The molecule has 30 heavy (non-hydrogen) atoms. The highest BCUT2D eigenvalue weighted by Crippen LogP contribution is 2.38. The second-order valence-electron chi connectivity index (χ2n) is 7.87. The first-order chi connectivity index (χ1) is 14.0. The minimum Gasteiger partial charge on any atom is -0.493 e. The van der Waals surface area contributed by atoms with Crippen LogP contribution < -0.4 is 24.8 Å². The molecular formula is C22H39IN4O3. The van der Waals surface area contributed by atoms with Crippen LogP contribution in [0.1, 0.15) is 38.7 Å². The molecule has 1 aliphatic rings. The fraction of sp³-hybridized carbons (Fsp3) is 0.682. The van der Waals surface area contributed by atoms with E-state index in [2.05, 4.69) is 34.4 Å². The number of ether oxygens (including phenoxy) is 3. The van der Waals surface area contributed by atoms with Crippen molar-refractivity contribution in [2.75, 3.05) is 48.0 Å². The van der Waals surface area contributed by atoms with Crippen LogP contribution in [0.15, 0.2) is 17.1 Å². The van der Waals surface area contributed by atoms with E-state index in [4.69, 9.17) is 14.2 Å². The summed E-state index contributed by atoms with van der Waals surface area (Å²) in [5.41, 5.74) is 1.03. The zero-order valence-corrected chi connectivity index (χ0v) is 21.6. The van der Waals surface area contributed by atoms with E-state index in [1.54, 1.807) is 28.4 Å². The number of aliphatic imine (C=N–C) groups is 1. The molecule has 1 fully saturated rings. The quantitative estimate of drug-likeness (QED) is 0.272. The fourth-order valence-corrected chi connectivity index (χ4v) is 3.87. The van der Waals surface area contributed by atoms with Crippen LogP contribution in [0.2, 0.25) is 0 Å². The van der Waals surface area contributed by atoms with Gasteiger partial charge in [-0.05, 0) is 56.0 Å². The van der Waals surface area contributed by atoms with Crippen molar-refractivity contribution in [2.45, 2.75) is 45.7 Å². The summed E-state index contributed by atoms with van der Waals surface area (Å²) in [7, 11) is 6.67. The van der Waals surface area contributed by atoms with Gasteiger partial charge in [-0.3, -0.25) is 9.89 Å². The Kier molecular flexibility index (Phi) is 12.2. The van der Waals surface area contributed by atoms with Crippen molar-refractivity contribution in [3.8, 4) is 17.2 Å². The third-order valence-electron chi connectivity index (χ3n) is 5.31. The first-order valence-electron chi connectivity index (χ1n) is 10.5. The van der Waals surface area contributed by atoms with Gasteiger partial charge in [-0.15, -0.1) is 24.0 Å². The number of hydrogen-bond acceptors (Lipinski definition) is 5. The van der Waals surface area contributed by atoms with Crippen LogP contribution in [0.5, 0.6) is 17.2 Å². The first kappa shape index (κ1) is 26.6. The number of benzene rings is 1. The molecule has 1 aromatic carbocycles. The minimum absolute atomic E-state index is 0. The van der Waals surface area contributed by atoms with E-state index in [9.17, 15) is 0 Å². The second-order valence-corrected chi connectivity index (χ2v) is 7.87. The van der Waals surface area contributed by atoms with Crippen molar-refractivity contribution in [1.29, 1.82) is 0 Å². The van der Waals surface area contributed by atoms with Crippen LogP contribution in [0.3, 0.4) is 0 Å². The predicted molar refractivity (Wildman–Crippen MR) is 134 cm³/mol. The van der Waals surface area contributed by atoms with Crippen molar-refractivity contribution in [1.82, 2.24) is 15.5 Å². The Hall–Kier alpha value is -1.42. The summed E-state index contributed by atoms with van der Waals surface area (Å²) in [6.45, 7) is 8.50. The molecule has 2 rings (SSSR count). The standard InChI is InChI=1S/C22H38N4O3.HI/c1-16(2)11-18(26-9-7-8-10-26)15-25-22(23-3)24-14-17-12-19(27-4)21(29-6)20(13-17)28-5;/h12-13,16,18H,7-11,14-15H2,1-6H3,(H2,23,24,25);1H. The number of rotatable bonds is 10. The monoisotopic (exact) mass is 534 g/mol. The molecule has 1 unspecified atom stereocenters. The van der Waals surface area contributed by atoms with E-state index in [-0.39, 0.29) is 24.0 Å². The molecule has 1 aliphatic heterocycles. The third kappa shape index (κ3) is 7.68. The molecule has 0 aliphatic carbocycles. The molecule has 0 aromatic heterocycles. The zero-order chi connectivity index (χ0) is 21.2. The van der Waals surface area contributed by atoms with Gasteiger partial charge in [-0.1, -0.05) is 13.8 Å². The molecule has 1 heterocycles. The molecule has 172 valence electrons. The molecule has 1 saturated heterocycles. The molecule has 8 heteroatoms. The van der Waals surface area contributed by atoms with Gasteiger partial charge in [0.2, 0.25) is 5.75 Å². The number of likely N-dealkylation sites (tertiary alicyclic amines) is 1. The van der Waals surface area contributed by atoms with Gasteiger partial charge >= 0.3 is 0 Å². The minimum atomic E-state index is 0. The van der Waals surface area contributed by atoms with Gasteiger partial charge in [0.15, 0.2) is 17.5 Å². The van der Waals surface area contributed by atoms with Crippen molar-refractivity contribution < 1.29 is 14.2 Å². The molecular weight excluding hydrogens is 495 g/mol. The summed E-state index contributed by atoms with van der Waals surface area (Å²) in [5.74, 6) is 3.38. The van der Waals surface area contributed by atoms with Gasteiger partial charge in [-0.25, -0.2) is 0 Å². The van der Waals surface area contributed by atoms with Crippen molar-refractivity contribution in [2.24, 2.45) is 10.9 Å². The van der Waals surface area contributed by atoms with E-state index >= 15 is 0 Å². The van der Waals surface area contributed by atoms with Gasteiger partial charge < -0.3 is 24.8 Å².